The molecule has 1 atom stereocenters. The minimum atomic E-state index is -0.822. The van der Waals surface area contributed by atoms with Crippen LogP contribution in [0.3, 0.4) is 0 Å². The average molecular weight is 193 g/mol. The van der Waals surface area contributed by atoms with Gasteiger partial charge in [0.2, 0.25) is 0 Å². The third-order valence-electron chi connectivity index (χ3n) is 2.29. The number of β-amino-alcohol motifs (C(OH)–C–C–N with tert-alkyl or cyclic N) is 1. The lowest BCUT2D eigenvalue weighted by atomic mass is 10.1. The Balaban J connectivity index is 2.14. The van der Waals surface area contributed by atoms with Crippen molar-refractivity contribution in [3.63, 3.8) is 0 Å². The molecule has 4 heteroatoms. The van der Waals surface area contributed by atoms with Crippen molar-refractivity contribution in [2.75, 3.05) is 18.6 Å². The molecule has 1 fully saturated rings. The van der Waals surface area contributed by atoms with E-state index in [9.17, 15) is 4.79 Å². The van der Waals surface area contributed by atoms with Gasteiger partial charge in [-0.15, -0.1) is 0 Å². The molecule has 1 N–H and O–H groups in total. The standard InChI is InChI=1S/C10H11NO3/c1-14-8-4-2-7(3-5-8)11-6-9(12)10(11)13/h2-5,9,12H,6H2,1H3. The van der Waals surface area contributed by atoms with Crippen LogP contribution in [0.15, 0.2) is 24.3 Å². The summed E-state index contributed by atoms with van der Waals surface area (Å²) in [5.74, 6) is 0.512. The fourth-order valence-corrected chi connectivity index (χ4v) is 1.40. The van der Waals surface area contributed by atoms with Crippen molar-refractivity contribution in [3.8, 4) is 5.75 Å². The molecule has 1 heterocycles. The number of β-lactam (4-membered cyclic amide) rings is 1. The number of anilines is 1. The summed E-state index contributed by atoms with van der Waals surface area (Å²) in [6, 6.07) is 7.16. The lowest BCUT2D eigenvalue weighted by Gasteiger charge is -2.35. The first-order chi connectivity index (χ1) is 6.72. The van der Waals surface area contributed by atoms with E-state index in [0.717, 1.165) is 11.4 Å². The highest BCUT2D eigenvalue weighted by Crippen LogP contribution is 2.24. The first-order valence-electron chi connectivity index (χ1n) is 4.36. The van der Waals surface area contributed by atoms with Crippen LogP contribution in [0.4, 0.5) is 5.69 Å². The lowest BCUT2D eigenvalue weighted by Crippen LogP contribution is -2.56. The van der Waals surface area contributed by atoms with Crippen LogP contribution in [0.25, 0.3) is 0 Å². The van der Waals surface area contributed by atoms with Gasteiger partial charge in [0.1, 0.15) is 5.75 Å². The summed E-state index contributed by atoms with van der Waals surface area (Å²) in [4.78, 5) is 12.7. The van der Waals surface area contributed by atoms with E-state index in [2.05, 4.69) is 0 Å². The van der Waals surface area contributed by atoms with Gasteiger partial charge in [-0.05, 0) is 24.3 Å². The Morgan fingerprint density at radius 1 is 1.43 bits per heavy atom. The van der Waals surface area contributed by atoms with Crippen LogP contribution in [0, 0.1) is 0 Å². The van der Waals surface area contributed by atoms with Gasteiger partial charge in [0, 0.05) is 5.69 Å². The van der Waals surface area contributed by atoms with Crippen molar-refractivity contribution in [1.82, 2.24) is 0 Å². The van der Waals surface area contributed by atoms with Crippen LogP contribution in [-0.4, -0.2) is 30.8 Å². The van der Waals surface area contributed by atoms with E-state index in [1.54, 1.807) is 31.4 Å². The Bertz CT molecular complexity index is 347. The molecule has 0 bridgehead atoms. The van der Waals surface area contributed by atoms with Gasteiger partial charge in [-0.3, -0.25) is 4.79 Å². The lowest BCUT2D eigenvalue weighted by molar-refractivity contribution is -0.132. The molecule has 14 heavy (non-hydrogen) atoms. The number of methoxy groups -OCH3 is 1. The molecule has 4 nitrogen and oxygen atoms in total. The van der Waals surface area contributed by atoms with Crippen LogP contribution in [0.1, 0.15) is 0 Å². The van der Waals surface area contributed by atoms with Gasteiger partial charge < -0.3 is 14.7 Å². The van der Waals surface area contributed by atoms with Gasteiger partial charge in [-0.2, -0.15) is 0 Å². The van der Waals surface area contributed by atoms with Crippen LogP contribution in [0.2, 0.25) is 0 Å². The van der Waals surface area contributed by atoms with Gasteiger partial charge in [-0.25, -0.2) is 0 Å². The quantitative estimate of drug-likeness (QED) is 0.692. The van der Waals surface area contributed by atoms with E-state index in [1.807, 2.05) is 0 Å². The summed E-state index contributed by atoms with van der Waals surface area (Å²) in [5, 5.41) is 9.03. The minimum absolute atomic E-state index is 0.241. The topological polar surface area (TPSA) is 49.8 Å². The van der Waals surface area contributed by atoms with Gasteiger partial charge >= 0.3 is 0 Å². The van der Waals surface area contributed by atoms with Crippen molar-refractivity contribution in [2.45, 2.75) is 6.10 Å². The van der Waals surface area contributed by atoms with Crippen molar-refractivity contribution >= 4 is 11.6 Å². The SMILES string of the molecule is COc1ccc(N2CC(O)C2=O)cc1. The predicted octanol–water partition coefficient (Wildman–Crippen LogP) is 0.403. The molecular weight excluding hydrogens is 182 g/mol. The molecular formula is C10H11NO3. The molecule has 1 aromatic rings. The molecule has 0 spiro atoms. The Labute approximate surface area is 81.7 Å². The molecule has 1 amide bonds. The van der Waals surface area contributed by atoms with Gasteiger partial charge in [0.25, 0.3) is 5.91 Å². The number of rotatable bonds is 2. The smallest absolute Gasteiger partial charge is 0.257 e. The Hall–Kier alpha value is -1.55. The number of carbonyl (C=O) groups is 1. The van der Waals surface area contributed by atoms with Gasteiger partial charge in [0.05, 0.1) is 13.7 Å². The van der Waals surface area contributed by atoms with Gasteiger partial charge in [-0.1, -0.05) is 0 Å². The number of benzene rings is 1. The zero-order valence-corrected chi connectivity index (χ0v) is 7.80. The molecule has 1 aromatic carbocycles. The maximum Gasteiger partial charge on any atom is 0.257 e. The second-order valence-corrected chi connectivity index (χ2v) is 3.16. The number of amides is 1. The predicted molar refractivity (Wildman–Crippen MR) is 51.4 cm³/mol. The normalized spacial score (nSPS) is 20.6. The molecule has 1 saturated heterocycles. The monoisotopic (exact) mass is 193 g/mol. The maximum atomic E-state index is 11.2. The third-order valence-corrected chi connectivity index (χ3v) is 2.29. The summed E-state index contributed by atoms with van der Waals surface area (Å²) in [5.41, 5.74) is 0.793. The number of aliphatic hydroxyl groups excluding tert-OH is 1. The highest BCUT2D eigenvalue weighted by atomic mass is 16.5. The van der Waals surface area contributed by atoms with E-state index in [4.69, 9.17) is 9.84 Å². The highest BCUT2D eigenvalue weighted by Gasteiger charge is 2.35. The van der Waals surface area contributed by atoms with Crippen LogP contribution < -0.4 is 9.64 Å². The Morgan fingerprint density at radius 3 is 2.50 bits per heavy atom. The van der Waals surface area contributed by atoms with Crippen molar-refractivity contribution in [1.29, 1.82) is 0 Å². The summed E-state index contributed by atoms with van der Waals surface area (Å²) in [6.45, 7) is 0.380. The minimum Gasteiger partial charge on any atom is -0.497 e. The second kappa shape index (κ2) is 3.31. The van der Waals surface area contributed by atoms with E-state index >= 15 is 0 Å². The average Bonchev–Trinajstić information content (AvgIpc) is 2.25. The van der Waals surface area contributed by atoms with Crippen LogP contribution in [0.5, 0.6) is 5.75 Å². The van der Waals surface area contributed by atoms with E-state index in [-0.39, 0.29) is 5.91 Å². The fourth-order valence-electron chi connectivity index (χ4n) is 1.40. The molecule has 0 radical (unpaired) electrons. The second-order valence-electron chi connectivity index (χ2n) is 3.16. The van der Waals surface area contributed by atoms with Crippen molar-refractivity contribution in [3.05, 3.63) is 24.3 Å². The maximum absolute atomic E-state index is 11.2. The van der Waals surface area contributed by atoms with E-state index < -0.39 is 6.10 Å². The zero-order chi connectivity index (χ0) is 10.1. The molecule has 0 saturated carbocycles. The van der Waals surface area contributed by atoms with E-state index in [1.165, 1.54) is 4.90 Å². The summed E-state index contributed by atoms with van der Waals surface area (Å²) >= 11 is 0. The molecule has 0 aromatic heterocycles. The number of hydrogen-bond donors (Lipinski definition) is 1. The number of nitrogens with zero attached hydrogens (tertiary/aromatic N) is 1. The number of aliphatic hydroxyl groups is 1. The summed E-state index contributed by atoms with van der Waals surface area (Å²) < 4.78 is 5.00. The molecule has 1 aliphatic heterocycles. The van der Waals surface area contributed by atoms with Gasteiger partial charge in [0.15, 0.2) is 6.10 Å². The fraction of sp³-hybridized carbons (Fsp3) is 0.300. The first-order valence-corrected chi connectivity index (χ1v) is 4.36. The number of ether oxygens (including phenoxy) is 1. The van der Waals surface area contributed by atoms with E-state index in [0.29, 0.717) is 6.54 Å². The number of carbonyl (C=O) groups excluding carboxylic acids is 1. The highest BCUT2D eigenvalue weighted by molar-refractivity contribution is 6.03. The molecule has 1 unspecified atom stereocenters. The van der Waals surface area contributed by atoms with Crippen LogP contribution in [-0.2, 0) is 4.79 Å². The Kier molecular flexibility index (Phi) is 2.13. The largest absolute Gasteiger partial charge is 0.497 e. The molecule has 2 rings (SSSR count). The first kappa shape index (κ1) is 9.02. The molecule has 74 valence electrons. The van der Waals surface area contributed by atoms with Crippen LogP contribution >= 0.6 is 0 Å². The molecule has 0 aliphatic carbocycles. The van der Waals surface area contributed by atoms with Crippen molar-refractivity contribution < 1.29 is 14.6 Å². The summed E-state index contributed by atoms with van der Waals surface area (Å²) in [6.07, 6.45) is -0.822. The van der Waals surface area contributed by atoms with Crippen molar-refractivity contribution in [2.24, 2.45) is 0 Å². The summed E-state index contributed by atoms with van der Waals surface area (Å²) in [7, 11) is 1.59. The Morgan fingerprint density at radius 2 is 2.07 bits per heavy atom. The molecule has 1 aliphatic rings. The third kappa shape index (κ3) is 1.33. The zero-order valence-electron chi connectivity index (χ0n) is 7.80. The number of hydrogen-bond acceptors (Lipinski definition) is 3.